The second kappa shape index (κ2) is 7.24. The normalized spacial score (nSPS) is 24.6. The summed E-state index contributed by atoms with van der Waals surface area (Å²) >= 11 is 0. The van der Waals surface area contributed by atoms with Gasteiger partial charge in [0.2, 0.25) is 5.96 Å². The number of sulfonamides is 1. The molecule has 6 heteroatoms. The Morgan fingerprint density at radius 1 is 1.11 bits per heavy atom. The number of nitrogens with zero attached hydrogens (tertiary/aromatic N) is 2. The molecule has 2 aromatic carbocycles. The number of aryl methyl sites for hydroxylation is 1. The lowest BCUT2D eigenvalue weighted by Gasteiger charge is -2.38. The molecule has 2 aliphatic rings. The zero-order valence-electron chi connectivity index (χ0n) is 16.4. The first-order valence-electron chi connectivity index (χ1n) is 9.87. The van der Waals surface area contributed by atoms with Gasteiger partial charge in [-0.1, -0.05) is 60.9 Å². The van der Waals surface area contributed by atoms with Gasteiger partial charge in [-0.2, -0.15) is 0 Å². The van der Waals surface area contributed by atoms with Gasteiger partial charge in [0, 0.05) is 6.54 Å². The number of hydrogen-bond acceptors (Lipinski definition) is 4. The van der Waals surface area contributed by atoms with Gasteiger partial charge >= 0.3 is 0 Å². The number of guanidine groups is 1. The van der Waals surface area contributed by atoms with Crippen LogP contribution >= 0.6 is 0 Å². The van der Waals surface area contributed by atoms with Gasteiger partial charge < -0.3 is 4.90 Å². The van der Waals surface area contributed by atoms with Crippen LogP contribution in [-0.4, -0.2) is 30.9 Å². The largest absolute Gasteiger partial charge is 0.332 e. The third-order valence-corrected chi connectivity index (χ3v) is 7.23. The van der Waals surface area contributed by atoms with E-state index in [4.69, 9.17) is 4.99 Å². The maximum atomic E-state index is 13.0. The number of nitrogens with one attached hydrogen (secondary N) is 1. The average molecular weight is 398 g/mol. The Balaban J connectivity index is 1.65. The van der Waals surface area contributed by atoms with Crippen LogP contribution in [0, 0.1) is 6.92 Å². The zero-order valence-corrected chi connectivity index (χ0v) is 17.2. The molecular formula is C22H27N3O2S. The second-order valence-electron chi connectivity index (χ2n) is 8.09. The molecule has 0 amide bonds. The SMILES string of the molecule is Cc1ccc(S(=O)(=O)NC2=N[C@@]3(C)CCCC[C@H]3N2Cc2ccccc2)cc1. The molecule has 0 radical (unpaired) electrons. The minimum atomic E-state index is -3.68. The van der Waals surface area contributed by atoms with Crippen molar-refractivity contribution >= 4 is 16.0 Å². The van der Waals surface area contributed by atoms with Crippen molar-refractivity contribution in [2.24, 2.45) is 4.99 Å². The summed E-state index contributed by atoms with van der Waals surface area (Å²) in [6, 6.07) is 17.3. The highest BCUT2D eigenvalue weighted by atomic mass is 32.2. The summed E-state index contributed by atoms with van der Waals surface area (Å²) in [5, 5.41) is 0. The van der Waals surface area contributed by atoms with Gasteiger partial charge in [-0.25, -0.2) is 18.1 Å². The molecule has 0 spiro atoms. The van der Waals surface area contributed by atoms with Crippen LogP contribution in [0.1, 0.15) is 43.7 Å². The average Bonchev–Trinajstić information content (AvgIpc) is 2.93. The summed E-state index contributed by atoms with van der Waals surface area (Å²) in [7, 11) is -3.68. The van der Waals surface area contributed by atoms with Crippen LogP contribution in [0.5, 0.6) is 0 Å². The fourth-order valence-corrected chi connectivity index (χ4v) is 5.33. The molecule has 0 saturated heterocycles. The Morgan fingerprint density at radius 2 is 1.82 bits per heavy atom. The topological polar surface area (TPSA) is 61.8 Å². The Bertz CT molecular complexity index is 971. The van der Waals surface area contributed by atoms with E-state index < -0.39 is 10.0 Å². The van der Waals surface area contributed by atoms with E-state index in [-0.39, 0.29) is 16.5 Å². The van der Waals surface area contributed by atoms with Crippen LogP contribution in [0.2, 0.25) is 0 Å². The van der Waals surface area contributed by atoms with Crippen LogP contribution in [0.15, 0.2) is 64.5 Å². The molecule has 0 bridgehead atoms. The predicted molar refractivity (Wildman–Crippen MR) is 112 cm³/mol. The minimum absolute atomic E-state index is 0.220. The molecule has 1 saturated carbocycles. The quantitative estimate of drug-likeness (QED) is 0.852. The predicted octanol–water partition coefficient (Wildman–Crippen LogP) is 3.85. The first-order chi connectivity index (χ1) is 13.4. The lowest BCUT2D eigenvalue weighted by molar-refractivity contribution is 0.176. The Hall–Kier alpha value is -2.34. The molecule has 1 fully saturated rings. The fraction of sp³-hybridized carbons (Fsp3) is 0.409. The number of aliphatic imine (C=N–C) groups is 1. The van der Waals surface area contributed by atoms with Gasteiger partial charge in [-0.15, -0.1) is 0 Å². The lowest BCUT2D eigenvalue weighted by Crippen LogP contribution is -2.50. The molecule has 1 heterocycles. The zero-order chi connectivity index (χ0) is 19.8. The van der Waals surface area contributed by atoms with E-state index in [0.717, 1.165) is 36.8 Å². The Kier molecular flexibility index (Phi) is 4.91. The first kappa shape index (κ1) is 19.0. The molecule has 4 rings (SSSR count). The third kappa shape index (κ3) is 3.65. The number of benzene rings is 2. The molecule has 1 N–H and O–H groups in total. The first-order valence-corrected chi connectivity index (χ1v) is 11.4. The van der Waals surface area contributed by atoms with Crippen molar-refractivity contribution in [3.63, 3.8) is 0 Å². The molecule has 1 aliphatic carbocycles. The van der Waals surface area contributed by atoms with Crippen molar-refractivity contribution in [1.29, 1.82) is 0 Å². The highest BCUT2D eigenvalue weighted by Crippen LogP contribution is 2.40. The van der Waals surface area contributed by atoms with E-state index in [9.17, 15) is 8.42 Å². The van der Waals surface area contributed by atoms with Gasteiger partial charge in [-0.3, -0.25) is 0 Å². The van der Waals surface area contributed by atoms with Crippen molar-refractivity contribution in [3.05, 3.63) is 65.7 Å². The molecule has 28 heavy (non-hydrogen) atoms. The van der Waals surface area contributed by atoms with E-state index in [0.29, 0.717) is 12.5 Å². The van der Waals surface area contributed by atoms with Crippen molar-refractivity contribution in [2.45, 2.75) is 62.6 Å². The highest BCUT2D eigenvalue weighted by Gasteiger charge is 2.47. The van der Waals surface area contributed by atoms with Crippen LogP contribution < -0.4 is 4.72 Å². The summed E-state index contributed by atoms with van der Waals surface area (Å²) in [6.45, 7) is 4.75. The summed E-state index contributed by atoms with van der Waals surface area (Å²) in [4.78, 5) is 7.32. The van der Waals surface area contributed by atoms with Gasteiger partial charge in [0.25, 0.3) is 10.0 Å². The second-order valence-corrected chi connectivity index (χ2v) is 9.77. The summed E-state index contributed by atoms with van der Waals surface area (Å²) in [5.74, 6) is 0.471. The molecule has 0 unspecified atom stereocenters. The maximum Gasteiger partial charge on any atom is 0.264 e. The van der Waals surface area contributed by atoms with Crippen LogP contribution in [-0.2, 0) is 16.6 Å². The van der Waals surface area contributed by atoms with Crippen molar-refractivity contribution in [2.75, 3.05) is 0 Å². The molecular weight excluding hydrogens is 370 g/mol. The number of hydrogen-bond donors (Lipinski definition) is 1. The van der Waals surface area contributed by atoms with Crippen LogP contribution in [0.25, 0.3) is 0 Å². The van der Waals surface area contributed by atoms with Crippen molar-refractivity contribution in [3.8, 4) is 0 Å². The molecule has 148 valence electrons. The van der Waals surface area contributed by atoms with Gasteiger partial charge in [0.15, 0.2) is 0 Å². The van der Waals surface area contributed by atoms with E-state index in [2.05, 4.69) is 28.7 Å². The van der Waals surface area contributed by atoms with Gasteiger partial charge in [-0.05, 0) is 44.4 Å². The third-order valence-electron chi connectivity index (χ3n) is 5.89. The lowest BCUT2D eigenvalue weighted by atomic mass is 9.79. The van der Waals surface area contributed by atoms with Crippen molar-refractivity contribution < 1.29 is 8.42 Å². The van der Waals surface area contributed by atoms with Gasteiger partial charge in [0.1, 0.15) is 0 Å². The van der Waals surface area contributed by atoms with Crippen LogP contribution in [0.4, 0.5) is 0 Å². The van der Waals surface area contributed by atoms with Gasteiger partial charge in [0.05, 0.1) is 16.5 Å². The molecule has 2 aromatic rings. The standard InChI is InChI=1S/C22H27N3O2S/c1-17-11-13-19(14-12-17)28(26,27)24-21-23-22(2)15-7-6-10-20(22)25(21)16-18-8-4-3-5-9-18/h3-5,8-9,11-14,20H,6-7,10,15-16H2,1-2H3,(H,23,24)/t20-,22+/m1/s1. The summed E-state index contributed by atoms with van der Waals surface area (Å²) < 4.78 is 28.8. The number of fused-ring (bicyclic) bond motifs is 1. The van der Waals surface area contributed by atoms with Crippen LogP contribution in [0.3, 0.4) is 0 Å². The highest BCUT2D eigenvalue weighted by molar-refractivity contribution is 7.90. The fourth-order valence-electron chi connectivity index (χ4n) is 4.32. The van der Waals surface area contributed by atoms with E-state index in [1.165, 1.54) is 0 Å². The van der Waals surface area contributed by atoms with E-state index in [1.54, 1.807) is 12.1 Å². The Labute approximate surface area is 167 Å². The maximum absolute atomic E-state index is 13.0. The molecule has 0 aromatic heterocycles. The minimum Gasteiger partial charge on any atom is -0.332 e. The summed E-state index contributed by atoms with van der Waals surface area (Å²) in [6.07, 6.45) is 4.30. The Morgan fingerprint density at radius 3 is 2.54 bits per heavy atom. The molecule has 1 aliphatic heterocycles. The monoisotopic (exact) mass is 397 g/mol. The molecule has 2 atom stereocenters. The smallest absolute Gasteiger partial charge is 0.264 e. The van der Waals surface area contributed by atoms with E-state index >= 15 is 0 Å². The number of rotatable bonds is 4. The van der Waals surface area contributed by atoms with Crippen molar-refractivity contribution in [1.82, 2.24) is 9.62 Å². The molecule has 5 nitrogen and oxygen atoms in total. The summed E-state index contributed by atoms with van der Waals surface area (Å²) in [5.41, 5.74) is 1.94. The van der Waals surface area contributed by atoms with E-state index in [1.807, 2.05) is 37.3 Å².